The van der Waals surface area contributed by atoms with Gasteiger partial charge in [0.2, 0.25) is 11.7 Å². The molecule has 1 aromatic carbocycles. The molecule has 4 rings (SSSR count). The Morgan fingerprint density at radius 3 is 2.48 bits per heavy atom. The minimum absolute atomic E-state index is 0.0785. The molecule has 0 saturated heterocycles. The molecule has 29 heavy (non-hydrogen) atoms. The molecule has 0 N–H and O–H groups in total. The number of benzene rings is 1. The van der Waals surface area contributed by atoms with E-state index in [-0.39, 0.29) is 10.7 Å². The monoisotopic (exact) mass is 409 g/mol. The summed E-state index contributed by atoms with van der Waals surface area (Å²) >= 11 is 1.52. The third-order valence-corrected chi connectivity index (χ3v) is 5.78. The van der Waals surface area contributed by atoms with Crippen LogP contribution in [0, 0.1) is 0 Å². The number of rotatable bonds is 5. The van der Waals surface area contributed by atoms with Gasteiger partial charge in [0.05, 0.1) is 11.5 Å². The van der Waals surface area contributed by atoms with E-state index < -0.39 is 0 Å². The molecule has 0 spiro atoms. The highest BCUT2D eigenvalue weighted by Crippen LogP contribution is 2.35. The minimum Gasteiger partial charge on any atom is -0.461 e. The molecule has 0 saturated carbocycles. The topological polar surface area (TPSA) is 82.8 Å². The van der Waals surface area contributed by atoms with Crippen molar-refractivity contribution in [2.75, 3.05) is 0 Å². The number of thioether (sulfide) groups is 1. The lowest BCUT2D eigenvalue weighted by atomic mass is 9.87. The SMILES string of the molecule is C[C@@H](Sc1nnc(-c2ccc(C(C)(C)C)cc2)n1C)c1nc(-c2ccco2)no1. The highest BCUT2D eigenvalue weighted by atomic mass is 32.2. The van der Waals surface area contributed by atoms with Crippen molar-refractivity contribution in [3.05, 3.63) is 54.1 Å². The van der Waals surface area contributed by atoms with Gasteiger partial charge < -0.3 is 13.5 Å². The van der Waals surface area contributed by atoms with E-state index in [2.05, 4.69) is 65.4 Å². The van der Waals surface area contributed by atoms with Gasteiger partial charge in [-0.3, -0.25) is 0 Å². The molecule has 150 valence electrons. The third kappa shape index (κ3) is 3.98. The summed E-state index contributed by atoms with van der Waals surface area (Å²) in [7, 11) is 1.96. The van der Waals surface area contributed by atoms with Crippen LogP contribution in [0.5, 0.6) is 0 Å². The van der Waals surface area contributed by atoms with E-state index in [0.29, 0.717) is 17.5 Å². The van der Waals surface area contributed by atoms with Gasteiger partial charge >= 0.3 is 0 Å². The third-order valence-electron chi connectivity index (χ3n) is 4.66. The Morgan fingerprint density at radius 2 is 1.83 bits per heavy atom. The van der Waals surface area contributed by atoms with Crippen LogP contribution < -0.4 is 0 Å². The molecule has 0 radical (unpaired) electrons. The standard InChI is InChI=1S/C21H23N5O2S/c1-13(19-22-17(25-28-19)16-7-6-12-27-16)29-20-24-23-18(26(20)5)14-8-10-15(11-9-14)21(2,3)4/h6-13H,1-5H3/t13-/m1/s1. The van der Waals surface area contributed by atoms with Crippen LogP contribution >= 0.6 is 11.8 Å². The van der Waals surface area contributed by atoms with Crippen LogP contribution in [0.15, 0.2) is 56.8 Å². The zero-order chi connectivity index (χ0) is 20.6. The lowest BCUT2D eigenvalue weighted by Gasteiger charge is -2.19. The molecule has 0 unspecified atom stereocenters. The maximum atomic E-state index is 5.40. The lowest BCUT2D eigenvalue weighted by molar-refractivity contribution is 0.379. The van der Waals surface area contributed by atoms with Gasteiger partial charge in [-0.15, -0.1) is 10.2 Å². The number of aromatic nitrogens is 5. The first kappa shape index (κ1) is 19.4. The van der Waals surface area contributed by atoms with Crippen molar-refractivity contribution >= 4 is 11.8 Å². The molecule has 0 bridgehead atoms. The van der Waals surface area contributed by atoms with Crippen molar-refractivity contribution in [3.63, 3.8) is 0 Å². The molecule has 3 aromatic heterocycles. The summed E-state index contributed by atoms with van der Waals surface area (Å²) in [5.41, 5.74) is 2.44. The van der Waals surface area contributed by atoms with Crippen LogP contribution in [0.25, 0.3) is 23.0 Å². The lowest BCUT2D eigenvalue weighted by Crippen LogP contribution is -2.10. The summed E-state index contributed by atoms with van der Waals surface area (Å²) in [6.07, 6.45) is 1.58. The maximum Gasteiger partial charge on any atom is 0.240 e. The molecule has 0 aliphatic heterocycles. The van der Waals surface area contributed by atoms with Crippen LogP contribution in [0.1, 0.15) is 44.4 Å². The highest BCUT2D eigenvalue weighted by molar-refractivity contribution is 7.99. The van der Waals surface area contributed by atoms with E-state index in [1.54, 1.807) is 18.4 Å². The zero-order valence-corrected chi connectivity index (χ0v) is 17.9. The van der Waals surface area contributed by atoms with Gasteiger partial charge in [0.15, 0.2) is 16.7 Å². The van der Waals surface area contributed by atoms with Crippen LogP contribution in [0.2, 0.25) is 0 Å². The summed E-state index contributed by atoms with van der Waals surface area (Å²) < 4.78 is 12.7. The highest BCUT2D eigenvalue weighted by Gasteiger charge is 2.21. The average Bonchev–Trinajstić information content (AvgIpc) is 3.42. The molecule has 4 aromatic rings. The fourth-order valence-corrected chi connectivity index (χ4v) is 3.75. The Balaban J connectivity index is 1.51. The number of nitrogens with zero attached hydrogens (tertiary/aromatic N) is 5. The van der Waals surface area contributed by atoms with Crippen molar-refractivity contribution in [2.45, 2.75) is 43.5 Å². The zero-order valence-electron chi connectivity index (χ0n) is 17.1. The predicted octanol–water partition coefficient (Wildman–Crippen LogP) is 5.28. The molecule has 3 heterocycles. The Kier molecular flexibility index (Phi) is 5.04. The molecule has 0 aliphatic rings. The summed E-state index contributed by atoms with van der Waals surface area (Å²) in [4.78, 5) is 4.43. The first-order valence-corrected chi connectivity index (χ1v) is 10.3. The smallest absolute Gasteiger partial charge is 0.240 e. The van der Waals surface area contributed by atoms with E-state index in [1.165, 1.54) is 17.3 Å². The number of hydrogen-bond acceptors (Lipinski definition) is 7. The molecular formula is C21H23N5O2S. The van der Waals surface area contributed by atoms with Crippen LogP contribution in [0.4, 0.5) is 0 Å². The van der Waals surface area contributed by atoms with Gasteiger partial charge in [0, 0.05) is 12.6 Å². The van der Waals surface area contributed by atoms with Crippen LogP contribution in [-0.2, 0) is 12.5 Å². The summed E-state index contributed by atoms with van der Waals surface area (Å²) in [5.74, 6) is 2.36. The molecule has 8 heteroatoms. The van der Waals surface area contributed by atoms with E-state index in [9.17, 15) is 0 Å². The van der Waals surface area contributed by atoms with E-state index >= 15 is 0 Å². The van der Waals surface area contributed by atoms with Crippen LogP contribution in [0.3, 0.4) is 0 Å². The summed E-state index contributed by atoms with van der Waals surface area (Å²) in [6.45, 7) is 8.61. The second kappa shape index (κ2) is 7.51. The van der Waals surface area contributed by atoms with Crippen molar-refractivity contribution < 1.29 is 8.94 Å². The fourth-order valence-electron chi connectivity index (χ4n) is 2.90. The number of hydrogen-bond donors (Lipinski definition) is 0. The molecule has 1 atom stereocenters. The molecule has 0 aliphatic carbocycles. The maximum absolute atomic E-state index is 5.40. The largest absolute Gasteiger partial charge is 0.461 e. The Morgan fingerprint density at radius 1 is 1.07 bits per heavy atom. The predicted molar refractivity (Wildman–Crippen MR) is 111 cm³/mol. The number of furan rings is 1. The van der Waals surface area contributed by atoms with Gasteiger partial charge in [0.25, 0.3) is 0 Å². The molecular weight excluding hydrogens is 386 g/mol. The Hall–Kier alpha value is -2.87. The van der Waals surface area contributed by atoms with Gasteiger partial charge in [-0.1, -0.05) is 62.0 Å². The molecule has 7 nitrogen and oxygen atoms in total. The summed E-state index contributed by atoms with van der Waals surface area (Å²) in [6, 6.07) is 12.1. The molecule has 0 fully saturated rings. The second-order valence-corrected chi connectivity index (χ2v) is 9.19. The Bertz CT molecular complexity index is 1090. The van der Waals surface area contributed by atoms with E-state index in [4.69, 9.17) is 8.94 Å². The van der Waals surface area contributed by atoms with Gasteiger partial charge in [-0.2, -0.15) is 4.98 Å². The van der Waals surface area contributed by atoms with E-state index in [0.717, 1.165) is 16.5 Å². The minimum atomic E-state index is -0.0785. The van der Waals surface area contributed by atoms with Gasteiger partial charge in [-0.25, -0.2) is 0 Å². The van der Waals surface area contributed by atoms with Crippen molar-refractivity contribution in [1.29, 1.82) is 0 Å². The quantitative estimate of drug-likeness (QED) is 0.415. The van der Waals surface area contributed by atoms with Crippen molar-refractivity contribution in [1.82, 2.24) is 24.9 Å². The first-order valence-electron chi connectivity index (χ1n) is 9.37. The summed E-state index contributed by atoms with van der Waals surface area (Å²) in [5, 5.41) is 13.4. The van der Waals surface area contributed by atoms with Crippen molar-refractivity contribution in [3.8, 4) is 23.0 Å². The normalized spacial score (nSPS) is 13.0. The van der Waals surface area contributed by atoms with Crippen molar-refractivity contribution in [2.24, 2.45) is 7.05 Å². The Labute approximate surface area is 173 Å². The second-order valence-electron chi connectivity index (χ2n) is 7.89. The van der Waals surface area contributed by atoms with Gasteiger partial charge in [0.1, 0.15) is 0 Å². The fraction of sp³-hybridized carbons (Fsp3) is 0.333. The van der Waals surface area contributed by atoms with E-state index in [1.807, 2.05) is 18.5 Å². The first-order chi connectivity index (χ1) is 13.8. The molecule has 0 amide bonds. The van der Waals surface area contributed by atoms with Gasteiger partial charge in [-0.05, 0) is 30.0 Å². The van der Waals surface area contributed by atoms with Crippen LogP contribution in [-0.4, -0.2) is 24.9 Å². The average molecular weight is 410 g/mol.